The van der Waals surface area contributed by atoms with Gasteiger partial charge in [0.1, 0.15) is 0 Å². The van der Waals surface area contributed by atoms with Gasteiger partial charge in [-0.3, -0.25) is 0 Å². The second-order valence-corrected chi connectivity index (χ2v) is 5.60. The Morgan fingerprint density at radius 1 is 0.762 bits per heavy atom. The van der Waals surface area contributed by atoms with Gasteiger partial charge in [0, 0.05) is 26.0 Å². The molecular formula is C17H35NO2Zn. The molecule has 0 aromatic rings. The number of hydrogen-bond acceptors (Lipinski definition) is 2. The van der Waals surface area contributed by atoms with Crippen molar-refractivity contribution in [2.75, 3.05) is 13.2 Å². The van der Waals surface area contributed by atoms with E-state index >= 15 is 0 Å². The van der Waals surface area contributed by atoms with E-state index in [-0.39, 0.29) is 25.6 Å². The number of ether oxygens (including phenoxy) is 1. The fourth-order valence-electron chi connectivity index (χ4n) is 2.19. The summed E-state index contributed by atoms with van der Waals surface area (Å²) < 4.78 is 5.14. The number of carbonyl (C=O) groups excluding carboxylic acids is 1. The molecule has 0 saturated carbocycles. The van der Waals surface area contributed by atoms with Crippen LogP contribution in [0.2, 0.25) is 0 Å². The first kappa shape index (κ1) is 23.2. The van der Waals surface area contributed by atoms with Crippen molar-refractivity contribution in [2.24, 2.45) is 0 Å². The molecule has 0 unspecified atom stereocenters. The summed E-state index contributed by atoms with van der Waals surface area (Å²) in [6.07, 6.45) is 14.6. The van der Waals surface area contributed by atoms with Gasteiger partial charge in [-0.1, -0.05) is 78.1 Å². The summed E-state index contributed by atoms with van der Waals surface area (Å²) >= 11 is 0. The van der Waals surface area contributed by atoms with E-state index in [1.165, 1.54) is 64.2 Å². The van der Waals surface area contributed by atoms with E-state index in [1.54, 1.807) is 0 Å². The first-order valence-electron chi connectivity index (χ1n) is 8.71. The Bertz CT molecular complexity index is 193. The molecule has 1 N–H and O–H groups in total. The van der Waals surface area contributed by atoms with Crippen molar-refractivity contribution in [2.45, 2.75) is 90.9 Å². The van der Waals surface area contributed by atoms with Crippen LogP contribution < -0.4 is 5.32 Å². The Kier molecular flexibility index (Phi) is 21.9. The van der Waals surface area contributed by atoms with Gasteiger partial charge < -0.3 is 10.1 Å². The molecule has 0 radical (unpaired) electrons. The maximum atomic E-state index is 11.4. The SMILES string of the molecule is CCCCCCCCNC(=O)OCCCCCCCC.[Zn]. The van der Waals surface area contributed by atoms with E-state index in [9.17, 15) is 4.79 Å². The van der Waals surface area contributed by atoms with Crippen LogP contribution in [0.5, 0.6) is 0 Å². The van der Waals surface area contributed by atoms with Gasteiger partial charge in [0.15, 0.2) is 0 Å². The Labute approximate surface area is 144 Å². The molecule has 21 heavy (non-hydrogen) atoms. The quantitative estimate of drug-likeness (QED) is 0.335. The molecule has 0 saturated heterocycles. The molecule has 4 heteroatoms. The fraction of sp³-hybridized carbons (Fsp3) is 0.941. The minimum absolute atomic E-state index is 0. The van der Waals surface area contributed by atoms with E-state index in [4.69, 9.17) is 4.74 Å². The average molecular weight is 351 g/mol. The molecule has 0 bridgehead atoms. The standard InChI is InChI=1S/C17H35NO2.Zn/c1-3-5-7-9-11-13-15-18-17(19)20-16-14-12-10-8-6-4-2;/h3-16H2,1-2H3,(H,18,19);. The molecule has 0 spiro atoms. The summed E-state index contributed by atoms with van der Waals surface area (Å²) in [5.74, 6) is 0. The zero-order chi connectivity index (χ0) is 14.9. The minimum atomic E-state index is -0.243. The zero-order valence-corrected chi connectivity index (χ0v) is 17.4. The molecule has 0 fully saturated rings. The van der Waals surface area contributed by atoms with Crippen LogP contribution in [-0.2, 0) is 24.2 Å². The van der Waals surface area contributed by atoms with Crippen molar-refractivity contribution < 1.29 is 29.0 Å². The molecule has 0 aromatic carbocycles. The first-order chi connectivity index (χ1) is 9.81. The van der Waals surface area contributed by atoms with Crippen LogP contribution in [0.1, 0.15) is 90.9 Å². The van der Waals surface area contributed by atoms with Gasteiger partial charge in [-0.2, -0.15) is 0 Å². The second kappa shape index (κ2) is 19.9. The molecular weight excluding hydrogens is 316 g/mol. The van der Waals surface area contributed by atoms with Crippen molar-refractivity contribution >= 4 is 6.09 Å². The first-order valence-corrected chi connectivity index (χ1v) is 8.71. The number of rotatable bonds is 14. The minimum Gasteiger partial charge on any atom is -0.450 e. The topological polar surface area (TPSA) is 38.3 Å². The van der Waals surface area contributed by atoms with E-state index in [0.717, 1.165) is 19.4 Å². The average Bonchev–Trinajstić information content (AvgIpc) is 2.45. The monoisotopic (exact) mass is 349 g/mol. The zero-order valence-electron chi connectivity index (χ0n) is 14.4. The molecule has 0 aliphatic heterocycles. The maximum absolute atomic E-state index is 11.4. The van der Waals surface area contributed by atoms with Crippen molar-refractivity contribution in [3.05, 3.63) is 0 Å². The molecule has 122 valence electrons. The predicted octanol–water partition coefficient (Wildman–Crippen LogP) is 5.43. The third kappa shape index (κ3) is 19.9. The van der Waals surface area contributed by atoms with Crippen LogP contribution in [0.4, 0.5) is 4.79 Å². The third-order valence-corrected chi connectivity index (χ3v) is 3.53. The van der Waals surface area contributed by atoms with Crippen molar-refractivity contribution in [1.29, 1.82) is 0 Å². The third-order valence-electron chi connectivity index (χ3n) is 3.53. The largest absolute Gasteiger partial charge is 0.450 e. The number of alkyl carbamates (subject to hydrolysis) is 1. The van der Waals surface area contributed by atoms with Crippen LogP contribution in [0.15, 0.2) is 0 Å². The Morgan fingerprint density at radius 3 is 1.81 bits per heavy atom. The molecule has 0 rings (SSSR count). The van der Waals surface area contributed by atoms with Crippen LogP contribution in [0.25, 0.3) is 0 Å². The van der Waals surface area contributed by atoms with E-state index in [0.29, 0.717) is 6.61 Å². The summed E-state index contributed by atoms with van der Waals surface area (Å²) in [7, 11) is 0. The van der Waals surface area contributed by atoms with Crippen molar-refractivity contribution in [1.82, 2.24) is 5.32 Å². The van der Waals surface area contributed by atoms with Crippen LogP contribution >= 0.6 is 0 Å². The van der Waals surface area contributed by atoms with Crippen LogP contribution in [0.3, 0.4) is 0 Å². The van der Waals surface area contributed by atoms with Gasteiger partial charge in [0.2, 0.25) is 0 Å². The Balaban J connectivity index is 0. The van der Waals surface area contributed by atoms with E-state index in [1.807, 2.05) is 0 Å². The molecule has 3 nitrogen and oxygen atoms in total. The van der Waals surface area contributed by atoms with Gasteiger partial charge in [-0.15, -0.1) is 0 Å². The van der Waals surface area contributed by atoms with Crippen LogP contribution in [-0.4, -0.2) is 19.2 Å². The molecule has 0 aliphatic carbocycles. The number of carbonyl (C=O) groups is 1. The summed E-state index contributed by atoms with van der Waals surface area (Å²) in [5, 5.41) is 2.82. The van der Waals surface area contributed by atoms with E-state index < -0.39 is 0 Å². The molecule has 1 amide bonds. The van der Waals surface area contributed by atoms with E-state index in [2.05, 4.69) is 19.2 Å². The molecule has 0 aliphatic rings. The fourth-order valence-corrected chi connectivity index (χ4v) is 2.19. The summed E-state index contributed by atoms with van der Waals surface area (Å²) in [6, 6.07) is 0. The Morgan fingerprint density at radius 2 is 1.24 bits per heavy atom. The number of nitrogens with one attached hydrogen (secondary N) is 1. The molecule has 0 aromatic heterocycles. The number of amides is 1. The smallest absolute Gasteiger partial charge is 0.407 e. The molecule has 0 heterocycles. The summed E-state index contributed by atoms with van der Waals surface area (Å²) in [5.41, 5.74) is 0. The van der Waals surface area contributed by atoms with Gasteiger partial charge in [0.05, 0.1) is 6.61 Å². The summed E-state index contributed by atoms with van der Waals surface area (Å²) in [4.78, 5) is 11.4. The van der Waals surface area contributed by atoms with Crippen molar-refractivity contribution in [3.63, 3.8) is 0 Å². The van der Waals surface area contributed by atoms with Gasteiger partial charge >= 0.3 is 6.09 Å². The summed E-state index contributed by atoms with van der Waals surface area (Å²) in [6.45, 7) is 5.76. The van der Waals surface area contributed by atoms with Gasteiger partial charge in [-0.25, -0.2) is 4.79 Å². The van der Waals surface area contributed by atoms with Crippen molar-refractivity contribution in [3.8, 4) is 0 Å². The number of unbranched alkanes of at least 4 members (excludes halogenated alkanes) is 10. The Hall–Kier alpha value is -0.107. The normalized spacial score (nSPS) is 10.0. The van der Waals surface area contributed by atoms with Crippen LogP contribution in [0, 0.1) is 0 Å². The van der Waals surface area contributed by atoms with Gasteiger partial charge in [0.25, 0.3) is 0 Å². The van der Waals surface area contributed by atoms with Gasteiger partial charge in [-0.05, 0) is 12.8 Å². The maximum Gasteiger partial charge on any atom is 0.407 e. The predicted molar refractivity (Wildman–Crippen MR) is 86.1 cm³/mol. The number of hydrogen-bond donors (Lipinski definition) is 1. The second-order valence-electron chi connectivity index (χ2n) is 5.60. The molecule has 0 atom stereocenters.